The van der Waals surface area contributed by atoms with Crippen molar-refractivity contribution < 1.29 is 14.6 Å². The van der Waals surface area contributed by atoms with Gasteiger partial charge in [0.25, 0.3) is 0 Å². The lowest BCUT2D eigenvalue weighted by Gasteiger charge is -2.36. The van der Waals surface area contributed by atoms with E-state index in [9.17, 15) is 9.90 Å². The molecule has 1 aliphatic heterocycles. The molecule has 5 heteroatoms. The first-order valence-corrected chi connectivity index (χ1v) is 8.10. The van der Waals surface area contributed by atoms with Gasteiger partial charge in [0, 0.05) is 13.2 Å². The lowest BCUT2D eigenvalue weighted by molar-refractivity contribution is -0.0291. The highest BCUT2D eigenvalue weighted by Crippen LogP contribution is 2.30. The van der Waals surface area contributed by atoms with E-state index in [2.05, 4.69) is 10.6 Å². The number of hydrogen-bond acceptors (Lipinski definition) is 3. The Labute approximate surface area is 131 Å². The zero-order valence-corrected chi connectivity index (χ0v) is 12.8. The second kappa shape index (κ2) is 6.67. The van der Waals surface area contributed by atoms with E-state index in [1.54, 1.807) is 0 Å². The summed E-state index contributed by atoms with van der Waals surface area (Å²) in [4.78, 5) is 12.2. The minimum absolute atomic E-state index is 0.0138. The van der Waals surface area contributed by atoms with Crippen molar-refractivity contribution in [2.45, 2.75) is 49.9 Å². The predicted molar refractivity (Wildman–Crippen MR) is 83.5 cm³/mol. The average Bonchev–Trinajstić information content (AvgIpc) is 3.03. The molecule has 3 N–H and O–H groups in total. The minimum Gasteiger partial charge on any atom is -0.388 e. The number of benzene rings is 1. The average molecular weight is 304 g/mol. The summed E-state index contributed by atoms with van der Waals surface area (Å²) in [5.74, 6) is 0. The highest BCUT2D eigenvalue weighted by Gasteiger charge is 2.35. The van der Waals surface area contributed by atoms with Crippen molar-refractivity contribution in [1.29, 1.82) is 0 Å². The van der Waals surface area contributed by atoms with Crippen molar-refractivity contribution >= 4 is 6.03 Å². The molecule has 1 aliphatic carbocycles. The first-order valence-electron chi connectivity index (χ1n) is 8.10. The van der Waals surface area contributed by atoms with Crippen molar-refractivity contribution in [1.82, 2.24) is 10.6 Å². The Bertz CT molecular complexity index is 496. The van der Waals surface area contributed by atoms with Crippen molar-refractivity contribution in [3.05, 3.63) is 35.9 Å². The van der Waals surface area contributed by atoms with E-state index in [-0.39, 0.29) is 18.2 Å². The summed E-state index contributed by atoms with van der Waals surface area (Å²) in [5, 5.41) is 15.9. The topological polar surface area (TPSA) is 70.6 Å². The predicted octanol–water partition coefficient (Wildman–Crippen LogP) is 2.12. The molecule has 3 rings (SSSR count). The first-order chi connectivity index (χ1) is 10.7. The third-order valence-electron chi connectivity index (χ3n) is 4.64. The SMILES string of the molecule is O=C(NCC1(O)CCC1)N[C@H](c1ccccc1)[C@H]1CCCO1. The number of urea groups is 1. The molecule has 0 bridgehead atoms. The van der Waals surface area contributed by atoms with Crippen LogP contribution in [0.3, 0.4) is 0 Å². The van der Waals surface area contributed by atoms with Crippen molar-refractivity contribution in [3.63, 3.8) is 0 Å². The van der Waals surface area contributed by atoms with Gasteiger partial charge in [-0.1, -0.05) is 30.3 Å². The van der Waals surface area contributed by atoms with Crippen molar-refractivity contribution in [3.8, 4) is 0 Å². The number of carbonyl (C=O) groups excluding carboxylic acids is 1. The van der Waals surface area contributed by atoms with Crippen molar-refractivity contribution in [2.24, 2.45) is 0 Å². The van der Waals surface area contributed by atoms with Crippen LogP contribution in [0.25, 0.3) is 0 Å². The zero-order valence-electron chi connectivity index (χ0n) is 12.8. The Kier molecular flexibility index (Phi) is 4.64. The molecule has 1 saturated heterocycles. The number of rotatable bonds is 5. The summed E-state index contributed by atoms with van der Waals surface area (Å²) >= 11 is 0. The van der Waals surface area contributed by atoms with Gasteiger partial charge < -0.3 is 20.5 Å². The minimum atomic E-state index is -0.705. The maximum absolute atomic E-state index is 12.2. The third kappa shape index (κ3) is 3.59. The molecule has 0 radical (unpaired) electrons. The molecule has 2 aliphatic rings. The number of carbonyl (C=O) groups is 1. The normalized spacial score (nSPS) is 24.3. The van der Waals surface area contributed by atoms with Crippen LogP contribution in [0.4, 0.5) is 4.79 Å². The Morgan fingerprint density at radius 2 is 2.09 bits per heavy atom. The number of ether oxygens (including phenoxy) is 1. The fourth-order valence-corrected chi connectivity index (χ4v) is 3.12. The van der Waals surface area contributed by atoms with Gasteiger partial charge in [0.15, 0.2) is 0 Å². The molecule has 2 fully saturated rings. The van der Waals surface area contributed by atoms with E-state index < -0.39 is 5.60 Å². The molecule has 1 saturated carbocycles. The van der Waals surface area contributed by atoms with Gasteiger partial charge in [0.1, 0.15) is 0 Å². The summed E-state index contributed by atoms with van der Waals surface area (Å²) in [6.07, 6.45) is 4.55. The monoisotopic (exact) mass is 304 g/mol. The van der Waals surface area contributed by atoms with Gasteiger partial charge in [-0.15, -0.1) is 0 Å². The molecule has 120 valence electrons. The van der Waals surface area contributed by atoms with E-state index in [4.69, 9.17) is 4.74 Å². The van der Waals surface area contributed by atoms with Gasteiger partial charge in [0.05, 0.1) is 17.7 Å². The van der Waals surface area contributed by atoms with Gasteiger partial charge in [-0.05, 0) is 37.7 Å². The molecule has 0 unspecified atom stereocenters. The van der Waals surface area contributed by atoms with Gasteiger partial charge in [0.2, 0.25) is 0 Å². The largest absolute Gasteiger partial charge is 0.388 e. The molecule has 1 aromatic rings. The van der Waals surface area contributed by atoms with E-state index in [0.29, 0.717) is 6.54 Å². The van der Waals surface area contributed by atoms with Crippen molar-refractivity contribution in [2.75, 3.05) is 13.2 Å². The Morgan fingerprint density at radius 3 is 2.68 bits per heavy atom. The number of nitrogens with one attached hydrogen (secondary N) is 2. The van der Waals surface area contributed by atoms with Gasteiger partial charge >= 0.3 is 6.03 Å². The molecule has 5 nitrogen and oxygen atoms in total. The Balaban J connectivity index is 1.60. The molecular formula is C17H24N2O3. The zero-order chi connectivity index (χ0) is 15.4. The Hall–Kier alpha value is -1.59. The summed E-state index contributed by atoms with van der Waals surface area (Å²) in [7, 11) is 0. The van der Waals surface area contributed by atoms with E-state index >= 15 is 0 Å². The lowest BCUT2D eigenvalue weighted by Crippen LogP contribution is -2.51. The number of aliphatic hydroxyl groups is 1. The number of amides is 2. The smallest absolute Gasteiger partial charge is 0.315 e. The molecule has 2 amide bonds. The summed E-state index contributed by atoms with van der Waals surface area (Å²) < 4.78 is 5.76. The van der Waals surface area contributed by atoms with Crippen LogP contribution >= 0.6 is 0 Å². The fraction of sp³-hybridized carbons (Fsp3) is 0.588. The second-order valence-corrected chi connectivity index (χ2v) is 6.34. The maximum Gasteiger partial charge on any atom is 0.315 e. The molecule has 1 heterocycles. The highest BCUT2D eigenvalue weighted by molar-refractivity contribution is 5.74. The van der Waals surface area contributed by atoms with E-state index in [1.807, 2.05) is 30.3 Å². The number of hydrogen-bond donors (Lipinski definition) is 3. The summed E-state index contributed by atoms with van der Waals surface area (Å²) in [6, 6.07) is 9.51. The van der Waals surface area contributed by atoms with Gasteiger partial charge in [-0.2, -0.15) is 0 Å². The van der Waals surface area contributed by atoms with Crippen LogP contribution in [0.5, 0.6) is 0 Å². The summed E-state index contributed by atoms with van der Waals surface area (Å²) in [5.41, 5.74) is 0.343. The van der Waals surface area contributed by atoms with Crippen LogP contribution in [-0.4, -0.2) is 36.0 Å². The first kappa shape index (κ1) is 15.3. The van der Waals surface area contributed by atoms with E-state index in [0.717, 1.165) is 44.3 Å². The standard InChI is InChI=1S/C17H24N2O3/c20-16(18-12-17(21)9-5-10-17)19-15(14-8-4-11-22-14)13-6-2-1-3-7-13/h1-3,6-7,14-15,21H,4-5,8-12H2,(H2,18,19,20)/t14-,15-/m1/s1. The second-order valence-electron chi connectivity index (χ2n) is 6.34. The van der Waals surface area contributed by atoms with Crippen LogP contribution in [0.2, 0.25) is 0 Å². The molecule has 0 aromatic heterocycles. The maximum atomic E-state index is 12.2. The molecule has 2 atom stereocenters. The third-order valence-corrected chi connectivity index (χ3v) is 4.64. The molecule has 1 aromatic carbocycles. The van der Waals surface area contributed by atoms with Crippen LogP contribution in [0.15, 0.2) is 30.3 Å². The summed E-state index contributed by atoms with van der Waals surface area (Å²) in [6.45, 7) is 1.06. The van der Waals surface area contributed by atoms with Crippen LogP contribution in [0, 0.1) is 0 Å². The Morgan fingerprint density at radius 1 is 1.32 bits per heavy atom. The van der Waals surface area contributed by atoms with Crippen LogP contribution in [0.1, 0.15) is 43.7 Å². The highest BCUT2D eigenvalue weighted by atomic mass is 16.5. The van der Waals surface area contributed by atoms with Crippen LogP contribution in [-0.2, 0) is 4.74 Å². The van der Waals surface area contributed by atoms with Gasteiger partial charge in [-0.25, -0.2) is 4.79 Å². The fourth-order valence-electron chi connectivity index (χ4n) is 3.12. The molecule has 22 heavy (non-hydrogen) atoms. The van der Waals surface area contributed by atoms with E-state index in [1.165, 1.54) is 0 Å². The molecular weight excluding hydrogens is 280 g/mol. The quantitative estimate of drug-likeness (QED) is 0.780. The molecule has 0 spiro atoms. The lowest BCUT2D eigenvalue weighted by atomic mass is 9.80. The van der Waals surface area contributed by atoms with Crippen LogP contribution < -0.4 is 10.6 Å². The van der Waals surface area contributed by atoms with Gasteiger partial charge in [-0.3, -0.25) is 0 Å².